The number of hydrogen-bond donors (Lipinski definition) is 1. The van der Waals surface area contributed by atoms with Crippen LogP contribution >= 0.6 is 0 Å². The van der Waals surface area contributed by atoms with Crippen molar-refractivity contribution in [1.82, 2.24) is 19.9 Å². The number of fused-ring (bicyclic) bond motifs is 1. The Morgan fingerprint density at radius 3 is 2.84 bits per heavy atom. The molecule has 1 amide bonds. The SMILES string of the molecule is O=C(Nc1cnccn1)[C@H]1C[C@@H]2OCC[C@@H]2N(c2ncc(F)cn2)C1. The Kier molecular flexibility index (Phi) is 4.22. The van der Waals surface area contributed by atoms with Crippen molar-refractivity contribution in [3.8, 4) is 0 Å². The van der Waals surface area contributed by atoms with E-state index < -0.39 is 5.82 Å². The molecule has 2 aromatic rings. The van der Waals surface area contributed by atoms with E-state index in [1.165, 1.54) is 12.4 Å². The summed E-state index contributed by atoms with van der Waals surface area (Å²) in [4.78, 5) is 30.7. The molecule has 0 radical (unpaired) electrons. The van der Waals surface area contributed by atoms with Gasteiger partial charge in [0.25, 0.3) is 0 Å². The van der Waals surface area contributed by atoms with Crippen LogP contribution in [0.3, 0.4) is 0 Å². The van der Waals surface area contributed by atoms with Gasteiger partial charge in [-0.25, -0.2) is 19.3 Å². The van der Waals surface area contributed by atoms with Crippen LogP contribution in [0.4, 0.5) is 16.2 Å². The van der Waals surface area contributed by atoms with Crippen LogP contribution in [-0.2, 0) is 9.53 Å². The fourth-order valence-corrected chi connectivity index (χ4v) is 3.41. The van der Waals surface area contributed by atoms with Crippen LogP contribution in [0.25, 0.3) is 0 Å². The van der Waals surface area contributed by atoms with Gasteiger partial charge in [-0.1, -0.05) is 0 Å². The Hall–Kier alpha value is -2.68. The van der Waals surface area contributed by atoms with Gasteiger partial charge in [0, 0.05) is 25.5 Å². The number of halogens is 1. The molecule has 25 heavy (non-hydrogen) atoms. The number of piperidine rings is 1. The minimum atomic E-state index is -0.489. The first-order valence-electron chi connectivity index (χ1n) is 8.13. The minimum Gasteiger partial charge on any atom is -0.376 e. The molecule has 0 saturated carbocycles. The molecule has 0 spiro atoms. The third kappa shape index (κ3) is 3.27. The molecular weight excluding hydrogens is 327 g/mol. The zero-order valence-electron chi connectivity index (χ0n) is 13.4. The summed E-state index contributed by atoms with van der Waals surface area (Å²) in [6.45, 7) is 1.08. The van der Waals surface area contributed by atoms with Crippen LogP contribution in [0.2, 0.25) is 0 Å². The minimum absolute atomic E-state index is 0.0694. The van der Waals surface area contributed by atoms with Crippen molar-refractivity contribution in [2.45, 2.75) is 25.0 Å². The average Bonchev–Trinajstić information content (AvgIpc) is 3.11. The first-order chi connectivity index (χ1) is 12.2. The predicted molar refractivity (Wildman–Crippen MR) is 86.2 cm³/mol. The molecular formula is C16H17FN6O2. The maximum atomic E-state index is 13.1. The molecule has 0 aliphatic carbocycles. The quantitative estimate of drug-likeness (QED) is 0.889. The zero-order valence-corrected chi connectivity index (χ0v) is 13.4. The highest BCUT2D eigenvalue weighted by atomic mass is 19.1. The molecule has 130 valence electrons. The van der Waals surface area contributed by atoms with E-state index >= 15 is 0 Å². The summed E-state index contributed by atoms with van der Waals surface area (Å²) in [5.41, 5.74) is 0. The molecule has 9 heteroatoms. The number of rotatable bonds is 3. The molecule has 2 aromatic heterocycles. The summed E-state index contributed by atoms with van der Waals surface area (Å²) in [5, 5.41) is 2.78. The van der Waals surface area contributed by atoms with Crippen LogP contribution in [0.15, 0.2) is 31.0 Å². The van der Waals surface area contributed by atoms with Gasteiger partial charge in [0.1, 0.15) is 0 Å². The second-order valence-electron chi connectivity index (χ2n) is 6.13. The summed E-state index contributed by atoms with van der Waals surface area (Å²) in [7, 11) is 0. The van der Waals surface area contributed by atoms with Crippen LogP contribution in [0.1, 0.15) is 12.8 Å². The number of hydrogen-bond acceptors (Lipinski definition) is 7. The summed E-state index contributed by atoms with van der Waals surface area (Å²) >= 11 is 0. The Bertz CT molecular complexity index is 744. The maximum Gasteiger partial charge on any atom is 0.230 e. The summed E-state index contributed by atoms with van der Waals surface area (Å²) in [5.74, 6) is -0.126. The number of ether oxygens (including phenoxy) is 1. The van der Waals surface area contributed by atoms with Gasteiger partial charge in [0.15, 0.2) is 11.6 Å². The fraction of sp³-hybridized carbons (Fsp3) is 0.438. The molecule has 2 fully saturated rings. The molecule has 2 saturated heterocycles. The Balaban J connectivity index is 1.53. The summed E-state index contributed by atoms with van der Waals surface area (Å²) < 4.78 is 18.9. The smallest absolute Gasteiger partial charge is 0.230 e. The standard InChI is InChI=1S/C16H17FN6O2/c17-11-6-20-16(21-7-11)23-9-10(5-13-12(23)1-4-25-13)15(24)22-14-8-18-2-3-19-14/h2-3,6-8,10,12-13H,1,4-5,9H2,(H,19,22,24)/t10-,12-,13-/m0/s1. The molecule has 2 aliphatic rings. The topological polar surface area (TPSA) is 93.1 Å². The Morgan fingerprint density at radius 1 is 1.24 bits per heavy atom. The molecule has 0 unspecified atom stereocenters. The van der Waals surface area contributed by atoms with Crippen molar-refractivity contribution in [2.75, 3.05) is 23.4 Å². The van der Waals surface area contributed by atoms with Crippen LogP contribution < -0.4 is 10.2 Å². The maximum absolute atomic E-state index is 13.1. The van der Waals surface area contributed by atoms with Gasteiger partial charge in [-0.05, 0) is 12.8 Å². The largest absolute Gasteiger partial charge is 0.376 e. The molecule has 0 bridgehead atoms. The highest BCUT2D eigenvalue weighted by Gasteiger charge is 2.43. The molecule has 2 aliphatic heterocycles. The number of aromatic nitrogens is 4. The van der Waals surface area contributed by atoms with E-state index in [2.05, 4.69) is 25.3 Å². The Morgan fingerprint density at radius 2 is 2.08 bits per heavy atom. The lowest BCUT2D eigenvalue weighted by Crippen LogP contribution is -2.52. The van der Waals surface area contributed by atoms with Crippen molar-refractivity contribution in [2.24, 2.45) is 5.92 Å². The monoisotopic (exact) mass is 344 g/mol. The van der Waals surface area contributed by atoms with E-state index in [9.17, 15) is 9.18 Å². The second-order valence-corrected chi connectivity index (χ2v) is 6.13. The third-order valence-electron chi connectivity index (χ3n) is 4.56. The van der Waals surface area contributed by atoms with Crippen LogP contribution in [0.5, 0.6) is 0 Å². The molecule has 4 heterocycles. The van der Waals surface area contributed by atoms with Gasteiger partial charge in [-0.3, -0.25) is 9.78 Å². The van der Waals surface area contributed by atoms with Gasteiger partial charge in [0.05, 0.1) is 36.7 Å². The second kappa shape index (κ2) is 6.67. The normalized spacial score (nSPS) is 25.5. The van der Waals surface area contributed by atoms with E-state index in [1.54, 1.807) is 6.20 Å². The number of anilines is 2. The number of amides is 1. The van der Waals surface area contributed by atoms with E-state index in [1.807, 2.05) is 4.90 Å². The van der Waals surface area contributed by atoms with Gasteiger partial charge in [-0.15, -0.1) is 0 Å². The average molecular weight is 344 g/mol. The van der Waals surface area contributed by atoms with Gasteiger partial charge in [-0.2, -0.15) is 0 Å². The van der Waals surface area contributed by atoms with Gasteiger partial charge >= 0.3 is 0 Å². The van der Waals surface area contributed by atoms with Gasteiger partial charge in [0.2, 0.25) is 11.9 Å². The number of nitrogens with zero attached hydrogens (tertiary/aromatic N) is 5. The predicted octanol–water partition coefficient (Wildman–Crippen LogP) is 1.03. The zero-order chi connectivity index (χ0) is 17.2. The van der Waals surface area contributed by atoms with E-state index in [4.69, 9.17) is 4.74 Å². The molecule has 0 aromatic carbocycles. The van der Waals surface area contributed by atoms with Crippen molar-refractivity contribution in [3.63, 3.8) is 0 Å². The van der Waals surface area contributed by atoms with Crippen molar-refractivity contribution in [3.05, 3.63) is 36.8 Å². The number of carbonyl (C=O) groups is 1. The lowest BCUT2D eigenvalue weighted by atomic mass is 9.89. The third-order valence-corrected chi connectivity index (χ3v) is 4.56. The summed E-state index contributed by atoms with van der Waals surface area (Å²) in [6.07, 6.45) is 8.22. The lowest BCUT2D eigenvalue weighted by Gasteiger charge is -2.40. The van der Waals surface area contributed by atoms with Crippen molar-refractivity contribution < 1.29 is 13.9 Å². The number of nitrogens with one attached hydrogen (secondary N) is 1. The molecule has 3 atom stereocenters. The number of carbonyl (C=O) groups excluding carboxylic acids is 1. The van der Waals surface area contributed by atoms with E-state index in [-0.39, 0.29) is 24.0 Å². The van der Waals surface area contributed by atoms with Crippen molar-refractivity contribution in [1.29, 1.82) is 0 Å². The first-order valence-corrected chi connectivity index (χ1v) is 8.13. The lowest BCUT2D eigenvalue weighted by molar-refractivity contribution is -0.121. The van der Waals surface area contributed by atoms with Gasteiger partial charge < -0.3 is 15.0 Å². The Labute approximate surface area is 143 Å². The molecule has 1 N–H and O–H groups in total. The first kappa shape index (κ1) is 15.8. The van der Waals surface area contributed by atoms with E-state index in [0.717, 1.165) is 18.8 Å². The van der Waals surface area contributed by atoms with E-state index in [0.29, 0.717) is 31.3 Å². The van der Waals surface area contributed by atoms with Crippen LogP contribution in [0, 0.1) is 11.7 Å². The highest BCUT2D eigenvalue weighted by molar-refractivity contribution is 5.92. The van der Waals surface area contributed by atoms with Crippen LogP contribution in [-0.4, -0.2) is 51.1 Å². The molecule has 8 nitrogen and oxygen atoms in total. The summed E-state index contributed by atoms with van der Waals surface area (Å²) in [6, 6.07) is 0.103. The van der Waals surface area contributed by atoms with Crippen molar-refractivity contribution >= 4 is 17.7 Å². The molecule has 4 rings (SSSR count). The fourth-order valence-electron chi connectivity index (χ4n) is 3.41. The highest BCUT2D eigenvalue weighted by Crippen LogP contribution is 2.33.